The van der Waals surface area contributed by atoms with E-state index in [1.165, 1.54) is 143 Å². The monoisotopic (exact) mass is 966 g/mol. The van der Waals surface area contributed by atoms with Gasteiger partial charge in [0.25, 0.3) is 0 Å². The van der Waals surface area contributed by atoms with Crippen LogP contribution in [-0.2, 0) is 16.2 Å². The van der Waals surface area contributed by atoms with E-state index in [2.05, 4.69) is 282 Å². The first-order chi connectivity index (χ1) is 37.2. The van der Waals surface area contributed by atoms with E-state index in [9.17, 15) is 0 Å². The quantitative estimate of drug-likeness (QED) is 0.161. The molecule has 0 aliphatic heterocycles. The summed E-state index contributed by atoms with van der Waals surface area (Å²) in [5.41, 5.74) is 19.7. The van der Waals surface area contributed by atoms with Gasteiger partial charge in [0.2, 0.25) is 0 Å². The Balaban J connectivity index is 1.08. The van der Waals surface area contributed by atoms with E-state index in [4.69, 9.17) is 0 Å². The van der Waals surface area contributed by atoms with Gasteiger partial charge in [-0.3, -0.25) is 0 Å². The standard InChI is InChI=1S/C76H54/c1-73-67-41-40-52(58-35-15-25-47-20-5-10-30-53(47)58)42-68(67)74(2)71-45-65(61-38-18-28-50-23-8-13-33-56(50)61)66(62-39-19-29-51-24-9-14-34-57(51)62)46-72(71)75(3,76(73,74)4)70-44-64(60-37-17-27-49-22-7-12-32-55(49)60)63(43-69(70)73)59-36-16-26-48-21-6-11-31-54(48)59/h5-46H,1-4H3/t73-,74+,75-,76+/m1/s1. The van der Waals surface area contributed by atoms with E-state index in [1.54, 1.807) is 0 Å². The molecule has 3 aliphatic carbocycles. The third kappa shape index (κ3) is 5.34. The van der Waals surface area contributed by atoms with Crippen molar-refractivity contribution in [2.75, 3.05) is 0 Å². The molecule has 0 heterocycles. The molecular formula is C76H54. The molecular weight excluding hydrogens is 913 g/mol. The van der Waals surface area contributed by atoms with Crippen molar-refractivity contribution in [1.29, 1.82) is 0 Å². The Hall–Kier alpha value is -8.84. The number of fused-ring (bicyclic) bond motifs is 14. The predicted octanol–water partition coefficient (Wildman–Crippen LogP) is 20.1. The Labute approximate surface area is 444 Å². The van der Waals surface area contributed by atoms with Crippen LogP contribution in [0.25, 0.3) is 109 Å². The fraction of sp³-hybridized carbons (Fsp3) is 0.105. The van der Waals surface area contributed by atoms with Crippen LogP contribution in [0.15, 0.2) is 255 Å². The third-order valence-electron chi connectivity index (χ3n) is 20.0. The van der Waals surface area contributed by atoms with Gasteiger partial charge in [0.15, 0.2) is 0 Å². The average Bonchev–Trinajstić information content (AvgIpc) is 3.69. The van der Waals surface area contributed by atoms with Crippen molar-refractivity contribution >= 4 is 53.9 Å². The first-order valence-corrected chi connectivity index (χ1v) is 27.2. The second kappa shape index (κ2) is 15.4. The van der Waals surface area contributed by atoms with Crippen molar-refractivity contribution in [1.82, 2.24) is 0 Å². The van der Waals surface area contributed by atoms with Crippen molar-refractivity contribution < 1.29 is 0 Å². The Morgan fingerprint density at radius 1 is 0.197 bits per heavy atom. The van der Waals surface area contributed by atoms with Gasteiger partial charge < -0.3 is 0 Å². The van der Waals surface area contributed by atoms with Crippen molar-refractivity contribution in [3.8, 4) is 55.6 Å². The Kier molecular flexibility index (Phi) is 8.81. The number of rotatable bonds is 5. The summed E-state index contributed by atoms with van der Waals surface area (Å²) < 4.78 is 0. The molecule has 0 fully saturated rings. The van der Waals surface area contributed by atoms with Gasteiger partial charge in [0.1, 0.15) is 0 Å². The van der Waals surface area contributed by atoms with Crippen LogP contribution in [-0.4, -0.2) is 0 Å². The number of hydrogen-bond acceptors (Lipinski definition) is 0. The summed E-state index contributed by atoms with van der Waals surface area (Å²) in [6.45, 7) is 10.6. The molecule has 3 aliphatic rings. The molecule has 358 valence electrons. The number of hydrogen-bond donors (Lipinski definition) is 0. The predicted molar refractivity (Wildman–Crippen MR) is 322 cm³/mol. The second-order valence-corrected chi connectivity index (χ2v) is 22.8. The minimum atomic E-state index is -0.451. The van der Waals surface area contributed by atoms with Crippen LogP contribution in [0.2, 0.25) is 0 Å². The summed E-state index contributed by atoms with van der Waals surface area (Å²) in [5.74, 6) is 0. The highest BCUT2D eigenvalue weighted by Crippen LogP contribution is 2.83. The summed E-state index contributed by atoms with van der Waals surface area (Å²) in [4.78, 5) is 0. The van der Waals surface area contributed by atoms with Gasteiger partial charge in [0, 0.05) is 21.7 Å². The van der Waals surface area contributed by atoms with Crippen molar-refractivity contribution in [2.24, 2.45) is 5.41 Å². The summed E-state index contributed by atoms with van der Waals surface area (Å²) in [7, 11) is 0. The van der Waals surface area contributed by atoms with Crippen LogP contribution < -0.4 is 0 Å². The molecule has 0 unspecified atom stereocenters. The highest BCUT2D eigenvalue weighted by atomic mass is 14.8. The second-order valence-electron chi connectivity index (χ2n) is 22.8. The van der Waals surface area contributed by atoms with E-state index in [-0.39, 0.29) is 5.41 Å². The molecule has 0 spiro atoms. The van der Waals surface area contributed by atoms with Gasteiger partial charge in [-0.15, -0.1) is 0 Å². The van der Waals surface area contributed by atoms with Gasteiger partial charge in [-0.25, -0.2) is 0 Å². The lowest BCUT2D eigenvalue weighted by molar-refractivity contribution is 0.0997. The van der Waals surface area contributed by atoms with Crippen LogP contribution >= 0.6 is 0 Å². The van der Waals surface area contributed by atoms with Gasteiger partial charge in [-0.2, -0.15) is 0 Å². The summed E-state index contributed by atoms with van der Waals surface area (Å²) >= 11 is 0. The van der Waals surface area contributed by atoms with Crippen LogP contribution in [0.1, 0.15) is 61.1 Å². The summed E-state index contributed by atoms with van der Waals surface area (Å²) in [6, 6.07) is 97.4. The molecule has 0 heteroatoms. The molecule has 13 aromatic rings. The summed E-state index contributed by atoms with van der Waals surface area (Å²) in [5, 5.41) is 12.6. The normalized spacial score (nSPS) is 20.8. The van der Waals surface area contributed by atoms with Gasteiger partial charge >= 0.3 is 0 Å². The van der Waals surface area contributed by atoms with E-state index in [0.29, 0.717) is 0 Å². The fourth-order valence-electron chi connectivity index (χ4n) is 16.2. The summed E-state index contributed by atoms with van der Waals surface area (Å²) in [6.07, 6.45) is 0. The Morgan fingerprint density at radius 3 is 0.776 bits per heavy atom. The molecule has 0 radical (unpaired) electrons. The van der Waals surface area contributed by atoms with Crippen molar-refractivity contribution in [3.05, 3.63) is 288 Å². The fourth-order valence-corrected chi connectivity index (χ4v) is 16.2. The highest BCUT2D eigenvalue weighted by Gasteiger charge is 2.80. The molecule has 13 aromatic carbocycles. The molecule has 0 saturated carbocycles. The first-order valence-electron chi connectivity index (χ1n) is 27.2. The van der Waals surface area contributed by atoms with E-state index in [0.717, 1.165) is 0 Å². The van der Waals surface area contributed by atoms with Crippen LogP contribution in [0.3, 0.4) is 0 Å². The maximum Gasteiger partial charge on any atom is 0.0258 e. The molecule has 0 nitrogen and oxygen atoms in total. The molecule has 0 amide bonds. The third-order valence-corrected chi connectivity index (χ3v) is 20.0. The first kappa shape index (κ1) is 43.5. The lowest BCUT2D eigenvalue weighted by atomic mass is 9.52. The Bertz CT molecular complexity index is 4550. The maximum atomic E-state index is 2.69. The lowest BCUT2D eigenvalue weighted by Gasteiger charge is -2.49. The van der Waals surface area contributed by atoms with Crippen LogP contribution in [0, 0.1) is 5.41 Å². The van der Waals surface area contributed by atoms with Gasteiger partial charge in [-0.05, 0) is 173 Å². The van der Waals surface area contributed by atoms with E-state index in [1.807, 2.05) is 0 Å². The maximum absolute atomic E-state index is 2.69. The average molecular weight is 967 g/mol. The minimum Gasteiger partial charge on any atom is -0.0616 e. The number of benzene rings is 13. The molecule has 0 saturated heterocycles. The molecule has 0 bridgehead atoms. The van der Waals surface area contributed by atoms with Gasteiger partial charge in [0.05, 0.1) is 0 Å². The highest BCUT2D eigenvalue weighted by molar-refractivity contribution is 6.08. The molecule has 76 heavy (non-hydrogen) atoms. The SMILES string of the molecule is C[C@]12c3cc(-c4cccc5ccccc45)c(-c4cccc5ccccc45)cc3[C@]3(C)c4cc(-c5cccc6ccccc56)ccc4[C@](C)(c4cc(-c5cccc6ccccc56)c(-c5cccc6ccccc56)cc41)[C@]23C. The molecule has 4 atom stereocenters. The largest absolute Gasteiger partial charge is 0.0616 e. The lowest BCUT2D eigenvalue weighted by Crippen LogP contribution is -2.51. The zero-order valence-electron chi connectivity index (χ0n) is 43.2. The zero-order valence-corrected chi connectivity index (χ0v) is 43.2. The zero-order chi connectivity index (χ0) is 50.7. The molecule has 0 aromatic heterocycles. The van der Waals surface area contributed by atoms with Crippen LogP contribution in [0.5, 0.6) is 0 Å². The Morgan fingerprint density at radius 2 is 0.447 bits per heavy atom. The van der Waals surface area contributed by atoms with E-state index < -0.39 is 16.2 Å². The van der Waals surface area contributed by atoms with Crippen LogP contribution in [0.4, 0.5) is 0 Å². The van der Waals surface area contributed by atoms with Crippen molar-refractivity contribution in [2.45, 2.75) is 43.9 Å². The van der Waals surface area contributed by atoms with Gasteiger partial charge in [-0.1, -0.05) is 252 Å². The molecule has 16 rings (SSSR count). The van der Waals surface area contributed by atoms with E-state index >= 15 is 0 Å². The molecule has 0 N–H and O–H groups in total. The smallest absolute Gasteiger partial charge is 0.0258 e. The topological polar surface area (TPSA) is 0 Å². The minimum absolute atomic E-state index is 0.363. The van der Waals surface area contributed by atoms with Crippen molar-refractivity contribution in [3.63, 3.8) is 0 Å².